The van der Waals surface area contributed by atoms with Gasteiger partial charge >= 0.3 is 6.18 Å². The Morgan fingerprint density at radius 1 is 1.24 bits per heavy atom. The molecule has 2 aromatic rings. The van der Waals surface area contributed by atoms with Crippen molar-refractivity contribution in [2.45, 2.75) is 31.9 Å². The van der Waals surface area contributed by atoms with E-state index in [-0.39, 0.29) is 5.69 Å². The smallest absolute Gasteiger partial charge is 0.350 e. The van der Waals surface area contributed by atoms with Crippen LogP contribution in [0.4, 0.5) is 13.2 Å². The van der Waals surface area contributed by atoms with Gasteiger partial charge in [0.25, 0.3) is 5.91 Å². The Hall–Kier alpha value is -2.31. The summed E-state index contributed by atoms with van der Waals surface area (Å²) in [4.78, 5) is 12.2. The number of amides is 1. The highest BCUT2D eigenvalue weighted by molar-refractivity contribution is 5.92. The molecule has 1 aliphatic carbocycles. The molecule has 1 aromatic heterocycles. The summed E-state index contributed by atoms with van der Waals surface area (Å²) in [6, 6.07) is 9.11. The molecule has 0 radical (unpaired) electrons. The fourth-order valence-electron chi connectivity index (χ4n) is 3.26. The van der Waals surface area contributed by atoms with Crippen LogP contribution in [-0.2, 0) is 26.1 Å². The summed E-state index contributed by atoms with van der Waals surface area (Å²) in [5.74, 6) is -0.209. The number of hydrogen-bond donors (Lipinski definition) is 1. The van der Waals surface area contributed by atoms with Gasteiger partial charge in [-0.3, -0.25) is 9.48 Å². The van der Waals surface area contributed by atoms with Gasteiger partial charge in [-0.05, 0) is 42.7 Å². The van der Waals surface area contributed by atoms with E-state index in [1.54, 1.807) is 0 Å². The van der Waals surface area contributed by atoms with Crippen molar-refractivity contribution < 1.29 is 18.0 Å². The van der Waals surface area contributed by atoms with Gasteiger partial charge in [-0.25, -0.2) is 0 Å². The quantitative estimate of drug-likeness (QED) is 0.862. The number of carbonyl (C=O) groups is 1. The first kappa shape index (κ1) is 17.5. The number of benzene rings is 1. The average molecular weight is 351 g/mol. The Balaban J connectivity index is 1.59. The number of aromatic nitrogens is 2. The fourth-order valence-corrected chi connectivity index (χ4v) is 3.26. The number of alkyl halides is 3. The molecule has 134 valence electrons. The van der Waals surface area contributed by atoms with Crippen molar-refractivity contribution in [2.24, 2.45) is 13.0 Å². The molecule has 0 atom stereocenters. The van der Waals surface area contributed by atoms with Gasteiger partial charge in [-0.1, -0.05) is 24.3 Å². The Labute approximate surface area is 144 Å². The number of fused-ring (bicyclic) bond motifs is 1. The number of aryl methyl sites for hydroxylation is 3. The minimum Gasteiger partial charge on any atom is -0.350 e. The molecule has 0 saturated heterocycles. The minimum atomic E-state index is -4.55. The van der Waals surface area contributed by atoms with Crippen LogP contribution < -0.4 is 5.32 Å². The number of carbonyl (C=O) groups excluding carboxylic acids is 1. The zero-order chi connectivity index (χ0) is 18.0. The van der Waals surface area contributed by atoms with E-state index in [1.807, 2.05) is 12.1 Å². The monoisotopic (exact) mass is 351 g/mol. The Morgan fingerprint density at radius 3 is 2.36 bits per heavy atom. The molecule has 25 heavy (non-hydrogen) atoms. The molecule has 0 saturated carbocycles. The molecule has 4 nitrogen and oxygen atoms in total. The molecule has 3 rings (SSSR count). The zero-order valence-electron chi connectivity index (χ0n) is 13.9. The second kappa shape index (κ2) is 6.90. The number of halogens is 3. The van der Waals surface area contributed by atoms with Crippen LogP contribution in [0.3, 0.4) is 0 Å². The first-order chi connectivity index (χ1) is 11.8. The van der Waals surface area contributed by atoms with Crippen molar-refractivity contribution in [2.75, 3.05) is 6.54 Å². The van der Waals surface area contributed by atoms with E-state index in [0.717, 1.165) is 36.4 Å². The van der Waals surface area contributed by atoms with Crippen molar-refractivity contribution in [1.82, 2.24) is 15.1 Å². The summed E-state index contributed by atoms with van der Waals surface area (Å²) in [5.41, 5.74) is 1.56. The van der Waals surface area contributed by atoms with E-state index >= 15 is 0 Å². The highest BCUT2D eigenvalue weighted by Gasteiger charge is 2.35. The van der Waals surface area contributed by atoms with E-state index < -0.39 is 17.8 Å². The van der Waals surface area contributed by atoms with Gasteiger partial charge in [-0.15, -0.1) is 0 Å². The summed E-state index contributed by atoms with van der Waals surface area (Å²) in [6.45, 7) is 0.458. The molecule has 0 unspecified atom stereocenters. The molecule has 0 fully saturated rings. The summed E-state index contributed by atoms with van der Waals surface area (Å²) < 4.78 is 39.0. The number of rotatable bonds is 3. The largest absolute Gasteiger partial charge is 0.435 e. The van der Waals surface area contributed by atoms with E-state index in [2.05, 4.69) is 22.5 Å². The van der Waals surface area contributed by atoms with Gasteiger partial charge in [0.15, 0.2) is 5.69 Å². The molecule has 1 aliphatic rings. The minimum absolute atomic E-state index is 0.0794. The summed E-state index contributed by atoms with van der Waals surface area (Å²) in [7, 11) is 1.34. The number of nitrogens with zero attached hydrogens (tertiary/aromatic N) is 2. The second-order valence-electron chi connectivity index (χ2n) is 6.46. The SMILES string of the molecule is Cn1nc(C(F)(F)F)cc1C(=O)NCC1CCc2ccccc2CC1. The molecule has 0 aliphatic heterocycles. The Kier molecular flexibility index (Phi) is 4.83. The first-order valence-corrected chi connectivity index (χ1v) is 8.31. The van der Waals surface area contributed by atoms with Crippen LogP contribution in [0.1, 0.15) is 40.2 Å². The maximum atomic E-state index is 12.7. The predicted octanol–water partition coefficient (Wildman–Crippen LogP) is 3.36. The van der Waals surface area contributed by atoms with Crippen LogP contribution in [0.15, 0.2) is 30.3 Å². The van der Waals surface area contributed by atoms with Crippen LogP contribution in [0.25, 0.3) is 0 Å². The van der Waals surface area contributed by atoms with Crippen molar-refractivity contribution in [3.05, 3.63) is 52.8 Å². The lowest BCUT2D eigenvalue weighted by molar-refractivity contribution is -0.141. The van der Waals surface area contributed by atoms with Gasteiger partial charge in [-0.2, -0.15) is 18.3 Å². The van der Waals surface area contributed by atoms with Crippen LogP contribution in [0.5, 0.6) is 0 Å². The molecule has 1 N–H and O–H groups in total. The van der Waals surface area contributed by atoms with Gasteiger partial charge in [0, 0.05) is 19.7 Å². The van der Waals surface area contributed by atoms with E-state index in [0.29, 0.717) is 12.5 Å². The van der Waals surface area contributed by atoms with Crippen LogP contribution in [0.2, 0.25) is 0 Å². The van der Waals surface area contributed by atoms with Crippen molar-refractivity contribution in [1.29, 1.82) is 0 Å². The maximum absolute atomic E-state index is 12.7. The average Bonchev–Trinajstić information content (AvgIpc) is 2.85. The van der Waals surface area contributed by atoms with Gasteiger partial charge in [0.1, 0.15) is 5.69 Å². The third kappa shape index (κ3) is 4.03. The van der Waals surface area contributed by atoms with E-state index in [1.165, 1.54) is 18.2 Å². The maximum Gasteiger partial charge on any atom is 0.435 e. The molecule has 7 heteroatoms. The lowest BCUT2D eigenvalue weighted by atomic mass is 9.99. The van der Waals surface area contributed by atoms with E-state index in [4.69, 9.17) is 0 Å². The van der Waals surface area contributed by atoms with Crippen molar-refractivity contribution in [3.63, 3.8) is 0 Å². The molecule has 1 aromatic carbocycles. The standard InChI is InChI=1S/C18H20F3N3O/c1-24-15(10-16(23-24)18(19,20)21)17(25)22-11-12-6-8-13-4-2-3-5-14(13)9-7-12/h2-5,10,12H,6-9,11H2,1H3,(H,22,25). The lowest BCUT2D eigenvalue weighted by Gasteiger charge is -2.14. The topological polar surface area (TPSA) is 46.9 Å². The predicted molar refractivity (Wildman–Crippen MR) is 87.1 cm³/mol. The number of hydrogen-bond acceptors (Lipinski definition) is 2. The summed E-state index contributed by atoms with van der Waals surface area (Å²) >= 11 is 0. The van der Waals surface area contributed by atoms with Gasteiger partial charge in [0.05, 0.1) is 0 Å². The normalized spacial score (nSPS) is 15.5. The highest BCUT2D eigenvalue weighted by Crippen LogP contribution is 2.28. The molecular formula is C18H20F3N3O. The molecule has 0 bridgehead atoms. The second-order valence-corrected chi connectivity index (χ2v) is 6.46. The van der Waals surface area contributed by atoms with Crippen molar-refractivity contribution in [3.8, 4) is 0 Å². The number of nitrogens with one attached hydrogen (secondary N) is 1. The van der Waals surface area contributed by atoms with Crippen molar-refractivity contribution >= 4 is 5.91 Å². The first-order valence-electron chi connectivity index (χ1n) is 8.31. The lowest BCUT2D eigenvalue weighted by Crippen LogP contribution is -2.30. The molecule has 1 heterocycles. The molecule has 0 spiro atoms. The Bertz CT molecular complexity index is 740. The fraction of sp³-hybridized carbons (Fsp3) is 0.444. The van der Waals surface area contributed by atoms with Gasteiger partial charge < -0.3 is 5.32 Å². The molecule has 1 amide bonds. The third-order valence-corrected chi connectivity index (χ3v) is 4.72. The van der Waals surface area contributed by atoms with Crippen LogP contribution >= 0.6 is 0 Å². The van der Waals surface area contributed by atoms with E-state index in [9.17, 15) is 18.0 Å². The highest BCUT2D eigenvalue weighted by atomic mass is 19.4. The van der Waals surface area contributed by atoms with Crippen LogP contribution in [-0.4, -0.2) is 22.2 Å². The molecular weight excluding hydrogens is 331 g/mol. The third-order valence-electron chi connectivity index (χ3n) is 4.72. The van der Waals surface area contributed by atoms with Gasteiger partial charge in [0.2, 0.25) is 0 Å². The summed E-state index contributed by atoms with van der Waals surface area (Å²) in [5, 5.41) is 6.13. The van der Waals surface area contributed by atoms with Crippen LogP contribution in [0, 0.1) is 5.92 Å². The zero-order valence-corrected chi connectivity index (χ0v) is 13.9. The summed E-state index contributed by atoms with van der Waals surface area (Å²) in [6.07, 6.45) is -0.725. The Morgan fingerprint density at radius 2 is 1.84 bits per heavy atom.